The number of pyridine rings is 1. The summed E-state index contributed by atoms with van der Waals surface area (Å²) in [6.07, 6.45) is 9.08. The van der Waals surface area contributed by atoms with Crippen LogP contribution in [0.3, 0.4) is 0 Å². The Morgan fingerprint density at radius 2 is 1.72 bits per heavy atom. The van der Waals surface area contributed by atoms with Crippen molar-refractivity contribution < 1.29 is 17.7 Å². The lowest BCUT2D eigenvalue weighted by Crippen LogP contribution is -2.43. The Labute approximate surface area is 211 Å². The van der Waals surface area contributed by atoms with E-state index in [0.29, 0.717) is 18.2 Å². The zero-order chi connectivity index (χ0) is 25.3. The smallest absolute Gasteiger partial charge is 0.294 e. The molecule has 4 aromatic rings. The fourth-order valence-corrected chi connectivity index (χ4v) is 5.67. The predicted molar refractivity (Wildman–Crippen MR) is 141 cm³/mol. The Hall–Kier alpha value is -3.20. The molecule has 36 heavy (non-hydrogen) atoms. The average molecular weight is 506 g/mol. The summed E-state index contributed by atoms with van der Waals surface area (Å²) in [5.41, 5.74) is 4.23. The van der Waals surface area contributed by atoms with Crippen molar-refractivity contribution in [3.8, 4) is 17.0 Å². The molecule has 2 atom stereocenters. The summed E-state index contributed by atoms with van der Waals surface area (Å²) in [4.78, 5) is 10.3. The van der Waals surface area contributed by atoms with Gasteiger partial charge in [0.2, 0.25) is 0 Å². The molecule has 2 aliphatic rings. The van der Waals surface area contributed by atoms with E-state index >= 15 is 0 Å². The molecule has 2 fully saturated rings. The number of nitrogens with one attached hydrogen (secondary N) is 1. The van der Waals surface area contributed by atoms with Crippen LogP contribution in [-0.2, 0) is 10.1 Å². The van der Waals surface area contributed by atoms with Crippen molar-refractivity contribution in [3.63, 3.8) is 0 Å². The second kappa shape index (κ2) is 10.0. The van der Waals surface area contributed by atoms with Gasteiger partial charge in [0, 0.05) is 34.7 Å². The van der Waals surface area contributed by atoms with Crippen LogP contribution < -0.4 is 4.74 Å². The Kier molecular flexibility index (Phi) is 6.83. The molecule has 188 valence electrons. The average Bonchev–Trinajstić information content (AvgIpc) is 3.39. The molecule has 0 aliphatic carbocycles. The van der Waals surface area contributed by atoms with Gasteiger partial charge in [-0.3, -0.25) is 9.54 Å². The topological polar surface area (TPSA) is 95.5 Å². The maximum atomic E-state index is 10.5. The minimum Gasteiger partial charge on any atom is -0.489 e. The van der Waals surface area contributed by atoms with Gasteiger partial charge in [-0.1, -0.05) is 23.8 Å². The summed E-state index contributed by atoms with van der Waals surface area (Å²) in [6, 6.07) is 20.0. The van der Waals surface area contributed by atoms with Gasteiger partial charge in [-0.2, -0.15) is 8.42 Å². The van der Waals surface area contributed by atoms with Crippen molar-refractivity contribution in [1.29, 1.82) is 0 Å². The van der Waals surface area contributed by atoms with Gasteiger partial charge in [0.25, 0.3) is 10.1 Å². The summed E-state index contributed by atoms with van der Waals surface area (Å²) < 4.78 is 35.8. The maximum absolute atomic E-state index is 10.5. The summed E-state index contributed by atoms with van der Waals surface area (Å²) in [5, 5.41) is 1.21. The molecular formula is C28H31N3O4S. The summed E-state index contributed by atoms with van der Waals surface area (Å²) in [7, 11) is -1.76. The molecule has 2 saturated heterocycles. The van der Waals surface area contributed by atoms with Gasteiger partial charge < -0.3 is 14.6 Å². The predicted octanol–water partition coefficient (Wildman–Crippen LogP) is 5.48. The molecule has 0 spiro atoms. The molecular weight excluding hydrogens is 474 g/mol. The maximum Gasteiger partial charge on any atom is 0.294 e. The second-order valence-electron chi connectivity index (χ2n) is 9.71. The molecule has 2 aromatic carbocycles. The number of hydrogen-bond donors (Lipinski definition) is 2. The van der Waals surface area contributed by atoms with E-state index in [-0.39, 0.29) is 4.90 Å². The molecule has 4 heterocycles. The van der Waals surface area contributed by atoms with E-state index in [9.17, 15) is 8.42 Å². The van der Waals surface area contributed by atoms with Crippen LogP contribution in [0.15, 0.2) is 78.0 Å². The number of fused-ring (bicyclic) bond motifs is 3. The van der Waals surface area contributed by atoms with Crippen LogP contribution in [0.5, 0.6) is 5.75 Å². The van der Waals surface area contributed by atoms with Crippen LogP contribution in [0.1, 0.15) is 31.2 Å². The van der Waals surface area contributed by atoms with E-state index in [1.54, 1.807) is 12.1 Å². The zero-order valence-electron chi connectivity index (χ0n) is 20.5. The SMILES string of the molecule is CN1C2CCC1CC(Oc1ccc(-c3ccc4[nH]ccc4c3)nc1)C2.Cc1ccc(S(=O)(=O)O)cc1. The first kappa shape index (κ1) is 24.5. The van der Waals surface area contributed by atoms with Crippen molar-refractivity contribution in [1.82, 2.24) is 14.9 Å². The van der Waals surface area contributed by atoms with E-state index in [2.05, 4.69) is 58.3 Å². The molecule has 6 rings (SSSR count). The number of aromatic amines is 1. The molecule has 2 aromatic heterocycles. The van der Waals surface area contributed by atoms with Crippen LogP contribution in [0, 0.1) is 6.92 Å². The van der Waals surface area contributed by atoms with Crippen molar-refractivity contribution in [2.24, 2.45) is 0 Å². The Bertz CT molecular complexity index is 1420. The van der Waals surface area contributed by atoms with Crippen LogP contribution >= 0.6 is 0 Å². The summed E-state index contributed by atoms with van der Waals surface area (Å²) >= 11 is 0. The first-order valence-electron chi connectivity index (χ1n) is 12.2. The highest BCUT2D eigenvalue weighted by Gasteiger charge is 2.39. The van der Waals surface area contributed by atoms with Crippen molar-refractivity contribution in [2.75, 3.05) is 7.05 Å². The van der Waals surface area contributed by atoms with E-state index in [4.69, 9.17) is 9.29 Å². The highest BCUT2D eigenvalue weighted by molar-refractivity contribution is 7.85. The van der Waals surface area contributed by atoms with E-state index in [1.807, 2.05) is 19.3 Å². The third-order valence-corrected chi connectivity index (χ3v) is 8.13. The van der Waals surface area contributed by atoms with E-state index < -0.39 is 10.1 Å². The van der Waals surface area contributed by atoms with Gasteiger partial charge in [0.05, 0.1) is 16.8 Å². The summed E-state index contributed by atoms with van der Waals surface area (Å²) in [5.74, 6) is 0.889. The second-order valence-corrected chi connectivity index (χ2v) is 11.1. The zero-order valence-corrected chi connectivity index (χ0v) is 21.3. The lowest BCUT2D eigenvalue weighted by molar-refractivity contribution is 0.0659. The number of ether oxygens (including phenoxy) is 1. The van der Waals surface area contributed by atoms with E-state index in [1.165, 1.54) is 30.4 Å². The number of piperidine rings is 1. The quantitative estimate of drug-likeness (QED) is 0.357. The van der Waals surface area contributed by atoms with E-state index in [0.717, 1.165) is 40.9 Å². The molecule has 2 aliphatic heterocycles. The van der Waals surface area contributed by atoms with Crippen molar-refractivity contribution >= 4 is 21.0 Å². The fourth-order valence-electron chi connectivity index (χ4n) is 5.19. The van der Waals surface area contributed by atoms with Gasteiger partial charge in [0.15, 0.2) is 0 Å². The van der Waals surface area contributed by atoms with Crippen LogP contribution in [0.25, 0.3) is 22.2 Å². The highest BCUT2D eigenvalue weighted by atomic mass is 32.2. The van der Waals surface area contributed by atoms with Crippen molar-refractivity contribution in [2.45, 2.75) is 55.7 Å². The molecule has 2 N–H and O–H groups in total. The fraction of sp³-hybridized carbons (Fsp3) is 0.321. The van der Waals surface area contributed by atoms with Crippen LogP contribution in [-0.4, -0.2) is 53.1 Å². The first-order chi connectivity index (χ1) is 17.3. The third kappa shape index (κ3) is 5.46. The number of hydrogen-bond acceptors (Lipinski definition) is 5. The number of H-pyrrole nitrogens is 1. The number of aromatic nitrogens is 2. The van der Waals surface area contributed by atoms with Crippen LogP contribution in [0.2, 0.25) is 0 Å². The van der Waals surface area contributed by atoms with Gasteiger partial charge in [-0.05, 0) is 82.1 Å². The molecule has 0 radical (unpaired) electrons. The molecule has 2 bridgehead atoms. The number of nitrogens with zero attached hydrogens (tertiary/aromatic N) is 2. The molecule has 8 heteroatoms. The molecule has 7 nitrogen and oxygen atoms in total. The summed E-state index contributed by atoms with van der Waals surface area (Å²) in [6.45, 7) is 1.84. The van der Waals surface area contributed by atoms with Crippen LogP contribution in [0.4, 0.5) is 0 Å². The van der Waals surface area contributed by atoms with Gasteiger partial charge in [-0.15, -0.1) is 0 Å². The van der Waals surface area contributed by atoms with Crippen molar-refractivity contribution in [3.05, 3.63) is 78.6 Å². The molecule has 0 saturated carbocycles. The lowest BCUT2D eigenvalue weighted by atomic mass is 10.0. The Morgan fingerprint density at radius 3 is 2.36 bits per heavy atom. The number of rotatable bonds is 4. The lowest BCUT2D eigenvalue weighted by Gasteiger charge is -2.36. The molecule has 2 unspecified atom stereocenters. The third-order valence-electron chi connectivity index (χ3n) is 7.26. The molecule has 0 amide bonds. The van der Waals surface area contributed by atoms with Gasteiger partial charge in [-0.25, -0.2) is 0 Å². The first-order valence-corrected chi connectivity index (χ1v) is 13.7. The van der Waals surface area contributed by atoms with Gasteiger partial charge >= 0.3 is 0 Å². The standard InChI is InChI=1S/C21H23N3O.C7H8O3S/c1-24-16-3-4-17(24)12-19(11-16)25-18-5-7-21(23-13-18)14-2-6-20-15(10-14)8-9-22-20;1-6-2-4-7(5-3-6)11(8,9)10/h2,5-10,13,16-17,19,22H,3-4,11-12H2,1H3;2-5H,1H3,(H,8,9,10). The highest BCUT2D eigenvalue weighted by Crippen LogP contribution is 2.36. The number of benzene rings is 2. The minimum atomic E-state index is -4.02. The van der Waals surface area contributed by atoms with Gasteiger partial charge in [0.1, 0.15) is 11.9 Å². The largest absolute Gasteiger partial charge is 0.489 e. The minimum absolute atomic E-state index is 0.0666. The monoisotopic (exact) mass is 505 g/mol. The number of aryl methyl sites for hydroxylation is 1. The normalized spacial score (nSPS) is 21.7. The Morgan fingerprint density at radius 1 is 1.00 bits per heavy atom. The Balaban J connectivity index is 0.000000205.